The van der Waals surface area contributed by atoms with Gasteiger partial charge in [0.1, 0.15) is 11.3 Å². The Hall–Kier alpha value is -4.70. The average molecular weight is 601 g/mol. The Balaban J connectivity index is 1.12. The van der Waals surface area contributed by atoms with Gasteiger partial charge < -0.3 is 20.5 Å². The van der Waals surface area contributed by atoms with E-state index in [1.54, 1.807) is 4.90 Å². The molecule has 5 aromatic rings. The predicted molar refractivity (Wildman–Crippen MR) is 173 cm³/mol. The van der Waals surface area contributed by atoms with Gasteiger partial charge in [-0.2, -0.15) is 5.10 Å². The number of aromatic nitrogens is 4. The molecule has 0 spiro atoms. The van der Waals surface area contributed by atoms with Gasteiger partial charge in [-0.05, 0) is 80.8 Å². The fraction of sp³-hybridized carbons (Fsp3) is 0.371. The van der Waals surface area contributed by atoms with Crippen molar-refractivity contribution in [3.05, 3.63) is 71.9 Å². The van der Waals surface area contributed by atoms with E-state index in [-0.39, 0.29) is 24.0 Å². The van der Waals surface area contributed by atoms with Crippen LogP contribution in [-0.2, 0) is 6.54 Å². The first-order valence-corrected chi connectivity index (χ1v) is 16.2. The molecule has 0 radical (unpaired) electrons. The predicted octanol–water partition coefficient (Wildman–Crippen LogP) is 4.83. The zero-order valence-corrected chi connectivity index (χ0v) is 25.3. The molecule has 2 unspecified atom stereocenters. The standard InChI is InChI=1S/C35H36N8O2/c1-20-27-12-10-24(34(44)42-18-23-9-13-29(42)31(23)36)19-43(27)39-32(20)30-16-22-8-11-26(38-33(22)41(30)17-21-6-7-21)25-4-2-3-5-28(25)40-15-14-37-35(40)45/h2-5,8,10-12,16,19,21,23,29,31H,6-7,9,13-15,17-18,36H2,1H3,(H,37,45)/t23?,29?,31-/m1/s1. The fourth-order valence-corrected chi connectivity index (χ4v) is 7.83. The van der Waals surface area contributed by atoms with E-state index in [0.29, 0.717) is 30.5 Å². The van der Waals surface area contributed by atoms with E-state index in [0.717, 1.165) is 76.4 Å². The van der Waals surface area contributed by atoms with Crippen molar-refractivity contribution < 1.29 is 9.59 Å². The Morgan fingerprint density at radius 3 is 2.69 bits per heavy atom. The van der Waals surface area contributed by atoms with E-state index in [1.807, 2.05) is 58.1 Å². The second-order valence-electron chi connectivity index (χ2n) is 13.3. The number of likely N-dealkylation sites (tertiary alicyclic amines) is 1. The van der Waals surface area contributed by atoms with Crippen molar-refractivity contribution in [3.8, 4) is 22.6 Å². The van der Waals surface area contributed by atoms with Crippen LogP contribution in [0.4, 0.5) is 10.5 Å². The summed E-state index contributed by atoms with van der Waals surface area (Å²) in [5, 5.41) is 9.04. The number of hydrogen-bond donors (Lipinski definition) is 2. The van der Waals surface area contributed by atoms with E-state index >= 15 is 0 Å². The number of fused-ring (bicyclic) bond motifs is 4. The first-order chi connectivity index (χ1) is 21.9. The van der Waals surface area contributed by atoms with Crippen LogP contribution in [0.15, 0.2) is 60.8 Å². The van der Waals surface area contributed by atoms with E-state index in [1.165, 1.54) is 12.8 Å². The van der Waals surface area contributed by atoms with Gasteiger partial charge >= 0.3 is 6.03 Å². The number of hydrogen-bond acceptors (Lipinski definition) is 5. The zero-order valence-electron chi connectivity index (χ0n) is 25.3. The summed E-state index contributed by atoms with van der Waals surface area (Å²) in [7, 11) is 0. The van der Waals surface area contributed by atoms with Crippen molar-refractivity contribution in [1.29, 1.82) is 0 Å². The fourth-order valence-electron chi connectivity index (χ4n) is 7.83. The second-order valence-corrected chi connectivity index (χ2v) is 13.3. The molecule has 3 amide bonds. The Kier molecular flexibility index (Phi) is 5.87. The molecular weight excluding hydrogens is 564 g/mol. The van der Waals surface area contributed by atoms with Gasteiger partial charge in [0.15, 0.2) is 0 Å². The number of nitrogens with one attached hydrogen (secondary N) is 1. The van der Waals surface area contributed by atoms with Crippen molar-refractivity contribution in [3.63, 3.8) is 0 Å². The minimum atomic E-state index is -0.0775. The summed E-state index contributed by atoms with van der Waals surface area (Å²) in [5.41, 5.74) is 14.6. The molecule has 10 nitrogen and oxygen atoms in total. The third-order valence-electron chi connectivity index (χ3n) is 10.5. The largest absolute Gasteiger partial charge is 0.336 e. The molecule has 4 aromatic heterocycles. The van der Waals surface area contributed by atoms with Gasteiger partial charge in [-0.15, -0.1) is 0 Å². The maximum atomic E-state index is 13.6. The summed E-state index contributed by atoms with van der Waals surface area (Å²) in [6, 6.07) is 18.5. The van der Waals surface area contributed by atoms with Crippen LogP contribution in [0, 0.1) is 18.8 Å². The zero-order chi connectivity index (χ0) is 30.4. The topological polar surface area (TPSA) is 114 Å². The third-order valence-corrected chi connectivity index (χ3v) is 10.5. The molecule has 45 heavy (non-hydrogen) atoms. The second kappa shape index (κ2) is 9.90. The number of carbonyl (C=O) groups is 2. The number of nitrogens with zero attached hydrogens (tertiary/aromatic N) is 6. The summed E-state index contributed by atoms with van der Waals surface area (Å²) < 4.78 is 4.19. The molecule has 2 saturated carbocycles. The van der Waals surface area contributed by atoms with Gasteiger partial charge in [0.25, 0.3) is 5.91 Å². The number of benzene rings is 1. The highest BCUT2D eigenvalue weighted by Crippen LogP contribution is 2.40. The maximum absolute atomic E-state index is 13.6. The summed E-state index contributed by atoms with van der Waals surface area (Å²) in [6.07, 6.45) is 6.41. The van der Waals surface area contributed by atoms with Gasteiger partial charge in [0.05, 0.1) is 28.2 Å². The molecule has 4 aliphatic rings. The van der Waals surface area contributed by atoms with Crippen LogP contribution in [0.3, 0.4) is 0 Å². The first-order valence-electron chi connectivity index (χ1n) is 16.2. The number of rotatable bonds is 6. The lowest BCUT2D eigenvalue weighted by Gasteiger charge is -2.27. The summed E-state index contributed by atoms with van der Waals surface area (Å²) >= 11 is 0. The lowest BCUT2D eigenvalue weighted by atomic mass is 10.1. The Morgan fingerprint density at radius 2 is 1.93 bits per heavy atom. The molecule has 3 atom stereocenters. The molecule has 4 fully saturated rings. The number of urea groups is 1. The molecule has 2 saturated heterocycles. The van der Waals surface area contributed by atoms with Crippen molar-refractivity contribution in [1.82, 2.24) is 29.4 Å². The van der Waals surface area contributed by atoms with E-state index in [4.69, 9.17) is 15.8 Å². The maximum Gasteiger partial charge on any atom is 0.322 e. The van der Waals surface area contributed by atoms with Gasteiger partial charge in [-0.3, -0.25) is 9.69 Å². The van der Waals surface area contributed by atoms with E-state index in [2.05, 4.69) is 28.9 Å². The lowest BCUT2D eigenvalue weighted by molar-refractivity contribution is 0.0700. The number of aryl methyl sites for hydroxylation is 1. The Morgan fingerprint density at radius 1 is 1.07 bits per heavy atom. The molecule has 2 bridgehead atoms. The summed E-state index contributed by atoms with van der Waals surface area (Å²) in [5.74, 6) is 1.08. The van der Waals surface area contributed by atoms with Crippen molar-refractivity contribution in [2.45, 2.75) is 51.2 Å². The van der Waals surface area contributed by atoms with Crippen LogP contribution in [0.1, 0.15) is 41.6 Å². The monoisotopic (exact) mass is 600 g/mol. The Labute approximate surface area is 260 Å². The van der Waals surface area contributed by atoms with Crippen LogP contribution >= 0.6 is 0 Å². The van der Waals surface area contributed by atoms with Gasteiger partial charge in [-0.25, -0.2) is 14.3 Å². The highest BCUT2D eigenvalue weighted by atomic mass is 16.2. The lowest BCUT2D eigenvalue weighted by Crippen LogP contribution is -2.41. The minimum Gasteiger partial charge on any atom is -0.336 e. The smallest absolute Gasteiger partial charge is 0.322 e. The number of amides is 3. The quantitative estimate of drug-likeness (QED) is 0.290. The summed E-state index contributed by atoms with van der Waals surface area (Å²) in [6.45, 7) is 4.99. The van der Waals surface area contributed by atoms with Gasteiger partial charge in [-0.1, -0.05) is 18.2 Å². The van der Waals surface area contributed by atoms with E-state index < -0.39 is 0 Å². The summed E-state index contributed by atoms with van der Waals surface area (Å²) in [4.78, 5) is 35.1. The van der Waals surface area contributed by atoms with Crippen molar-refractivity contribution >= 4 is 34.2 Å². The number of pyridine rings is 2. The van der Waals surface area contributed by atoms with Crippen LogP contribution < -0.4 is 16.0 Å². The van der Waals surface area contributed by atoms with Gasteiger partial charge in [0.2, 0.25) is 0 Å². The molecule has 3 N–H and O–H groups in total. The number of nitrogens with two attached hydrogens (primary N) is 1. The number of piperidine rings is 1. The average Bonchev–Trinajstić information content (AvgIpc) is 3.29. The van der Waals surface area contributed by atoms with Gasteiger partial charge in [0, 0.05) is 61.0 Å². The van der Waals surface area contributed by atoms with Crippen LogP contribution in [-0.4, -0.2) is 67.7 Å². The van der Waals surface area contributed by atoms with Crippen LogP contribution in [0.25, 0.3) is 39.2 Å². The first kappa shape index (κ1) is 26.7. The molecule has 1 aromatic carbocycles. The van der Waals surface area contributed by atoms with Crippen molar-refractivity contribution in [2.24, 2.45) is 17.6 Å². The number of carbonyl (C=O) groups excluding carboxylic acids is 2. The highest BCUT2D eigenvalue weighted by molar-refractivity contribution is 5.99. The SMILES string of the molecule is Cc1c(-c2cc3ccc(-c4ccccc4N4CCNC4=O)nc3n2CC2CC2)nn2cc(C(=O)N3CC4CCC3[C@@H]4N)ccc12. The molecule has 2 aliphatic carbocycles. The molecule has 10 heteroatoms. The molecule has 6 heterocycles. The molecule has 2 aliphatic heterocycles. The highest BCUT2D eigenvalue weighted by Gasteiger charge is 2.47. The van der Waals surface area contributed by atoms with Crippen LogP contribution in [0.2, 0.25) is 0 Å². The molecule has 228 valence electrons. The molecular formula is C35H36N8O2. The number of para-hydroxylation sites is 1. The van der Waals surface area contributed by atoms with Crippen LogP contribution in [0.5, 0.6) is 0 Å². The number of anilines is 1. The Bertz CT molecular complexity index is 2020. The third kappa shape index (κ3) is 4.19. The van der Waals surface area contributed by atoms with Crippen molar-refractivity contribution in [2.75, 3.05) is 24.5 Å². The normalized spacial score (nSPS) is 22.7. The molecule has 9 rings (SSSR count). The van der Waals surface area contributed by atoms with E-state index in [9.17, 15) is 9.59 Å². The minimum absolute atomic E-state index is 0.0422.